The number of carbonyl (C=O) groups is 1. The molecule has 3 aromatic carbocycles. The highest BCUT2D eigenvalue weighted by atomic mass is 19.1. The summed E-state index contributed by atoms with van der Waals surface area (Å²) in [7, 11) is 0. The van der Waals surface area contributed by atoms with Crippen LogP contribution in [0.5, 0.6) is 5.75 Å². The molecular weight excluding hydrogens is 459 g/mol. The van der Waals surface area contributed by atoms with Crippen LogP contribution in [0.15, 0.2) is 91.1 Å². The Bertz CT molecular complexity index is 1260. The van der Waals surface area contributed by atoms with Gasteiger partial charge in [0.05, 0.1) is 12.2 Å². The highest BCUT2D eigenvalue weighted by Crippen LogP contribution is 2.35. The van der Waals surface area contributed by atoms with Crippen molar-refractivity contribution in [1.82, 2.24) is 19.9 Å². The molecule has 184 valence electrons. The Kier molecular flexibility index (Phi) is 6.77. The molecule has 0 spiro atoms. The van der Waals surface area contributed by atoms with Gasteiger partial charge in [-0.2, -0.15) is 5.10 Å². The summed E-state index contributed by atoms with van der Waals surface area (Å²) < 4.78 is 19.0. The molecule has 1 unspecified atom stereocenters. The standard InChI is InChI=1S/C28H27FN4O3/c29-23-14-16-25(17-15-23)36-20-24-13-7-8-18-32(24)27(34)33-30-19-26(31-33)28(35,21-9-3-1-4-10-21)22-11-5-2-6-12-22/h1-6,9-12,14-17,19,24,35H,7-8,13,18,20H2. The van der Waals surface area contributed by atoms with Crippen molar-refractivity contribution in [3.63, 3.8) is 0 Å². The number of aromatic nitrogens is 3. The molecular formula is C28H27FN4O3. The van der Waals surface area contributed by atoms with Gasteiger partial charge in [-0.15, -0.1) is 5.10 Å². The Hall–Kier alpha value is -4.04. The third-order valence-corrected chi connectivity index (χ3v) is 6.55. The van der Waals surface area contributed by atoms with E-state index in [9.17, 15) is 14.3 Å². The van der Waals surface area contributed by atoms with Crippen molar-refractivity contribution in [2.45, 2.75) is 30.9 Å². The molecule has 0 radical (unpaired) electrons. The number of rotatable bonds is 6. The second kappa shape index (κ2) is 10.3. The van der Waals surface area contributed by atoms with Gasteiger partial charge in [0.2, 0.25) is 0 Å². The minimum absolute atomic E-state index is 0.173. The van der Waals surface area contributed by atoms with Gasteiger partial charge < -0.3 is 14.7 Å². The molecule has 4 aromatic rings. The van der Waals surface area contributed by atoms with Gasteiger partial charge in [0, 0.05) is 6.54 Å². The topological polar surface area (TPSA) is 80.5 Å². The SMILES string of the molecule is O=C(N1CCCCC1COc1ccc(F)cc1)n1ncc(C(O)(c2ccccc2)c2ccccc2)n1. The van der Waals surface area contributed by atoms with Gasteiger partial charge in [0.1, 0.15) is 23.9 Å². The number of carbonyl (C=O) groups excluding carboxylic acids is 1. The monoisotopic (exact) mass is 486 g/mol. The van der Waals surface area contributed by atoms with Crippen LogP contribution in [0.3, 0.4) is 0 Å². The molecule has 1 aliphatic heterocycles. The van der Waals surface area contributed by atoms with Gasteiger partial charge in [-0.25, -0.2) is 9.18 Å². The van der Waals surface area contributed by atoms with Crippen LogP contribution in [0.1, 0.15) is 36.1 Å². The molecule has 2 heterocycles. The fourth-order valence-corrected chi connectivity index (χ4v) is 4.61. The van der Waals surface area contributed by atoms with Crippen molar-refractivity contribution in [1.29, 1.82) is 0 Å². The normalized spacial score (nSPS) is 16.1. The lowest BCUT2D eigenvalue weighted by atomic mass is 9.84. The van der Waals surface area contributed by atoms with E-state index < -0.39 is 5.60 Å². The maximum absolute atomic E-state index is 13.5. The number of piperidine rings is 1. The zero-order valence-corrected chi connectivity index (χ0v) is 19.7. The summed E-state index contributed by atoms with van der Waals surface area (Å²) in [5.41, 5.74) is -0.0727. The first kappa shape index (κ1) is 23.7. The van der Waals surface area contributed by atoms with Crippen LogP contribution in [0.4, 0.5) is 9.18 Å². The van der Waals surface area contributed by atoms with Gasteiger partial charge in [-0.05, 0) is 54.7 Å². The molecule has 0 aliphatic carbocycles. The predicted molar refractivity (Wildman–Crippen MR) is 132 cm³/mol. The van der Waals surface area contributed by atoms with Gasteiger partial charge in [0.25, 0.3) is 0 Å². The second-order valence-corrected chi connectivity index (χ2v) is 8.85. The van der Waals surface area contributed by atoms with Crippen molar-refractivity contribution >= 4 is 6.03 Å². The van der Waals surface area contributed by atoms with Gasteiger partial charge in [0.15, 0.2) is 5.60 Å². The van der Waals surface area contributed by atoms with Gasteiger partial charge in [-0.3, -0.25) is 0 Å². The molecule has 1 atom stereocenters. The lowest BCUT2D eigenvalue weighted by Gasteiger charge is -2.34. The summed E-state index contributed by atoms with van der Waals surface area (Å²) in [4.78, 5) is 16.2. The van der Waals surface area contributed by atoms with Crippen LogP contribution in [-0.4, -0.2) is 50.2 Å². The molecule has 8 heteroatoms. The van der Waals surface area contributed by atoms with E-state index in [1.54, 1.807) is 17.0 Å². The van der Waals surface area contributed by atoms with E-state index in [0.29, 0.717) is 23.4 Å². The minimum atomic E-state index is -1.58. The lowest BCUT2D eigenvalue weighted by molar-refractivity contribution is 0.110. The highest BCUT2D eigenvalue weighted by Gasteiger charge is 2.38. The molecule has 1 fully saturated rings. The number of hydrogen-bond acceptors (Lipinski definition) is 5. The number of likely N-dealkylation sites (tertiary alicyclic amines) is 1. The minimum Gasteiger partial charge on any atom is -0.491 e. The first-order chi connectivity index (χ1) is 17.6. The summed E-state index contributed by atoms with van der Waals surface area (Å²) in [6.07, 6.45) is 4.05. The quantitative estimate of drug-likeness (QED) is 0.431. The van der Waals surface area contributed by atoms with E-state index in [4.69, 9.17) is 4.74 Å². The maximum Gasteiger partial charge on any atom is 0.362 e. The third kappa shape index (κ3) is 4.72. The number of aliphatic hydroxyl groups is 1. The lowest BCUT2D eigenvalue weighted by Crippen LogP contribution is -2.49. The van der Waals surface area contributed by atoms with Gasteiger partial charge in [-0.1, -0.05) is 65.5 Å². The molecule has 0 bridgehead atoms. The smallest absolute Gasteiger partial charge is 0.362 e. The molecule has 7 nitrogen and oxygen atoms in total. The Labute approximate surface area is 208 Å². The van der Waals surface area contributed by atoms with E-state index in [1.807, 2.05) is 60.7 Å². The summed E-state index contributed by atoms with van der Waals surface area (Å²) in [5.74, 6) is 0.216. The maximum atomic E-state index is 13.5. The van der Waals surface area contributed by atoms with E-state index in [0.717, 1.165) is 24.1 Å². The highest BCUT2D eigenvalue weighted by molar-refractivity contribution is 5.75. The molecule has 5 rings (SSSR count). The summed E-state index contributed by atoms with van der Waals surface area (Å²) in [5, 5.41) is 20.6. The van der Waals surface area contributed by atoms with Crippen molar-refractivity contribution in [2.24, 2.45) is 0 Å². The Morgan fingerprint density at radius 2 is 1.61 bits per heavy atom. The molecule has 0 saturated carbocycles. The fourth-order valence-electron chi connectivity index (χ4n) is 4.61. The summed E-state index contributed by atoms with van der Waals surface area (Å²) >= 11 is 0. The van der Waals surface area contributed by atoms with Crippen LogP contribution in [0.2, 0.25) is 0 Å². The number of ether oxygens (including phenoxy) is 1. The molecule has 36 heavy (non-hydrogen) atoms. The number of halogens is 1. The van der Waals surface area contributed by atoms with Crippen LogP contribution >= 0.6 is 0 Å². The van der Waals surface area contributed by atoms with Crippen molar-refractivity contribution < 1.29 is 19.0 Å². The molecule has 1 amide bonds. The van der Waals surface area contributed by atoms with Crippen LogP contribution in [-0.2, 0) is 5.60 Å². The van der Waals surface area contributed by atoms with Gasteiger partial charge >= 0.3 is 6.03 Å². The Morgan fingerprint density at radius 1 is 0.972 bits per heavy atom. The van der Waals surface area contributed by atoms with Crippen LogP contribution in [0.25, 0.3) is 0 Å². The number of nitrogens with zero attached hydrogens (tertiary/aromatic N) is 4. The largest absolute Gasteiger partial charge is 0.491 e. The van der Waals surface area contributed by atoms with E-state index in [1.165, 1.54) is 18.3 Å². The fraction of sp³-hybridized carbons (Fsp3) is 0.250. The zero-order valence-electron chi connectivity index (χ0n) is 19.7. The molecule has 1 aromatic heterocycles. The average molecular weight is 487 g/mol. The van der Waals surface area contributed by atoms with E-state index in [-0.39, 0.29) is 30.2 Å². The van der Waals surface area contributed by atoms with Crippen molar-refractivity contribution in [3.8, 4) is 5.75 Å². The zero-order chi connectivity index (χ0) is 25.0. The first-order valence-corrected chi connectivity index (χ1v) is 12.0. The first-order valence-electron chi connectivity index (χ1n) is 12.0. The number of hydrogen-bond donors (Lipinski definition) is 1. The molecule has 1 N–H and O–H groups in total. The summed E-state index contributed by atoms with van der Waals surface area (Å²) in [6.45, 7) is 0.832. The Balaban J connectivity index is 1.40. The van der Waals surface area contributed by atoms with Crippen molar-refractivity contribution in [3.05, 3.63) is 114 Å². The predicted octanol–water partition coefficient (Wildman–Crippen LogP) is 4.60. The molecule has 1 aliphatic rings. The third-order valence-electron chi connectivity index (χ3n) is 6.55. The Morgan fingerprint density at radius 3 is 2.25 bits per heavy atom. The van der Waals surface area contributed by atoms with Crippen molar-refractivity contribution in [2.75, 3.05) is 13.2 Å². The van der Waals surface area contributed by atoms with E-state index >= 15 is 0 Å². The molecule has 1 saturated heterocycles. The summed E-state index contributed by atoms with van der Waals surface area (Å²) in [6, 6.07) is 23.7. The van der Waals surface area contributed by atoms with Crippen LogP contribution < -0.4 is 4.74 Å². The van der Waals surface area contributed by atoms with Crippen LogP contribution in [0, 0.1) is 5.82 Å². The average Bonchev–Trinajstić information content (AvgIpc) is 3.44. The second-order valence-electron chi connectivity index (χ2n) is 8.85. The number of amides is 1. The number of benzene rings is 3. The van der Waals surface area contributed by atoms with E-state index in [2.05, 4.69) is 10.2 Å².